The van der Waals surface area contributed by atoms with E-state index in [1.807, 2.05) is 0 Å². The van der Waals surface area contributed by atoms with Gasteiger partial charge in [-0.25, -0.2) is 0 Å². The largest absolute Gasteiger partial charge is 0.480 e. The third-order valence-electron chi connectivity index (χ3n) is 1.94. The van der Waals surface area contributed by atoms with Crippen LogP contribution in [-0.4, -0.2) is 33.0 Å². The summed E-state index contributed by atoms with van der Waals surface area (Å²) < 4.78 is 5.06. The Morgan fingerprint density at radius 1 is 1.59 bits per heavy atom. The molecule has 1 aromatic heterocycles. The summed E-state index contributed by atoms with van der Waals surface area (Å²) in [5.74, 6) is 1.54. The number of hydrogen-bond donors (Lipinski definition) is 2. The summed E-state index contributed by atoms with van der Waals surface area (Å²) in [5.41, 5.74) is 5.37. The Bertz CT molecular complexity index is 367. The molecular weight excluding hydrogens is 242 g/mol. The molecule has 17 heavy (non-hydrogen) atoms. The van der Waals surface area contributed by atoms with Crippen LogP contribution in [0.1, 0.15) is 25.6 Å². The van der Waals surface area contributed by atoms with E-state index in [1.54, 1.807) is 0 Å². The van der Waals surface area contributed by atoms with Crippen molar-refractivity contribution in [1.82, 2.24) is 10.1 Å². The summed E-state index contributed by atoms with van der Waals surface area (Å²) in [4.78, 5) is 14.7. The van der Waals surface area contributed by atoms with Crippen molar-refractivity contribution < 1.29 is 14.4 Å². The van der Waals surface area contributed by atoms with Crippen molar-refractivity contribution >= 4 is 17.7 Å². The van der Waals surface area contributed by atoms with Crippen molar-refractivity contribution in [2.75, 3.05) is 5.75 Å². The van der Waals surface area contributed by atoms with Crippen molar-refractivity contribution in [2.24, 2.45) is 11.7 Å². The quantitative estimate of drug-likeness (QED) is 0.750. The van der Waals surface area contributed by atoms with Gasteiger partial charge in [0.25, 0.3) is 0 Å². The van der Waals surface area contributed by atoms with Gasteiger partial charge in [0.15, 0.2) is 5.82 Å². The minimum Gasteiger partial charge on any atom is -0.480 e. The van der Waals surface area contributed by atoms with Gasteiger partial charge >= 0.3 is 5.97 Å². The van der Waals surface area contributed by atoms with E-state index in [9.17, 15) is 4.79 Å². The fourth-order valence-electron chi connectivity index (χ4n) is 1.13. The second kappa shape index (κ2) is 6.61. The van der Waals surface area contributed by atoms with Crippen LogP contribution in [-0.2, 0) is 17.0 Å². The maximum atomic E-state index is 10.5. The van der Waals surface area contributed by atoms with E-state index in [1.165, 1.54) is 11.8 Å². The van der Waals surface area contributed by atoms with Gasteiger partial charge in [-0.2, -0.15) is 16.7 Å². The molecule has 0 saturated carbocycles. The Kier molecular flexibility index (Phi) is 5.43. The first-order chi connectivity index (χ1) is 7.99. The van der Waals surface area contributed by atoms with Crippen molar-refractivity contribution in [3.8, 4) is 0 Å². The monoisotopic (exact) mass is 259 g/mol. The van der Waals surface area contributed by atoms with Gasteiger partial charge in [-0.1, -0.05) is 19.0 Å². The van der Waals surface area contributed by atoms with Crippen LogP contribution in [0, 0.1) is 5.92 Å². The Labute approximate surface area is 104 Å². The number of carbonyl (C=O) groups is 1. The Morgan fingerprint density at radius 2 is 2.29 bits per heavy atom. The summed E-state index contributed by atoms with van der Waals surface area (Å²) in [6.07, 6.45) is 0.756. The number of carboxylic acid groups (broad SMARTS) is 1. The lowest BCUT2D eigenvalue weighted by molar-refractivity contribution is -0.137. The number of rotatable bonds is 7. The molecule has 1 aromatic rings. The number of thioether (sulfide) groups is 1. The maximum Gasteiger partial charge on any atom is 0.321 e. The van der Waals surface area contributed by atoms with Crippen LogP contribution in [0.15, 0.2) is 4.52 Å². The van der Waals surface area contributed by atoms with Gasteiger partial charge < -0.3 is 15.4 Å². The Morgan fingerprint density at radius 3 is 2.88 bits per heavy atom. The highest BCUT2D eigenvalue weighted by Gasteiger charge is 2.13. The SMILES string of the molecule is CC(C)Cc1nc(CSC[C@H](N)C(=O)O)no1. The second-order valence-electron chi connectivity index (χ2n) is 4.16. The zero-order chi connectivity index (χ0) is 12.8. The molecule has 0 amide bonds. The fraction of sp³-hybridized carbons (Fsp3) is 0.700. The molecule has 6 nitrogen and oxygen atoms in total. The van der Waals surface area contributed by atoms with E-state index < -0.39 is 12.0 Å². The molecule has 7 heteroatoms. The molecule has 0 spiro atoms. The highest BCUT2D eigenvalue weighted by atomic mass is 32.2. The lowest BCUT2D eigenvalue weighted by Crippen LogP contribution is -2.32. The predicted molar refractivity (Wildman–Crippen MR) is 64.6 cm³/mol. The summed E-state index contributed by atoms with van der Waals surface area (Å²) in [6, 6.07) is -0.845. The van der Waals surface area contributed by atoms with E-state index in [0.717, 1.165) is 6.42 Å². The molecule has 0 aromatic carbocycles. The first-order valence-electron chi connectivity index (χ1n) is 5.36. The first kappa shape index (κ1) is 14.0. The Balaban J connectivity index is 2.32. The van der Waals surface area contributed by atoms with Crippen LogP contribution in [0.25, 0.3) is 0 Å². The highest BCUT2D eigenvalue weighted by Crippen LogP contribution is 2.12. The van der Waals surface area contributed by atoms with Gasteiger partial charge in [0, 0.05) is 12.2 Å². The van der Waals surface area contributed by atoms with E-state index in [-0.39, 0.29) is 0 Å². The number of aliphatic carboxylic acids is 1. The zero-order valence-electron chi connectivity index (χ0n) is 9.92. The van der Waals surface area contributed by atoms with Crippen LogP contribution in [0.5, 0.6) is 0 Å². The molecule has 0 radical (unpaired) electrons. The smallest absolute Gasteiger partial charge is 0.321 e. The zero-order valence-corrected chi connectivity index (χ0v) is 10.7. The van der Waals surface area contributed by atoms with E-state index in [0.29, 0.717) is 29.1 Å². The topological polar surface area (TPSA) is 102 Å². The molecule has 1 atom stereocenters. The third-order valence-corrected chi connectivity index (χ3v) is 3.00. The molecule has 0 unspecified atom stereocenters. The number of hydrogen-bond acceptors (Lipinski definition) is 6. The maximum absolute atomic E-state index is 10.5. The van der Waals surface area contributed by atoms with Crippen molar-refractivity contribution in [1.29, 1.82) is 0 Å². The minimum absolute atomic E-state index is 0.337. The van der Waals surface area contributed by atoms with Gasteiger partial charge in [0.05, 0.1) is 5.75 Å². The summed E-state index contributed by atoms with van der Waals surface area (Å²) in [6.45, 7) is 4.15. The summed E-state index contributed by atoms with van der Waals surface area (Å²) in [5, 5.41) is 12.4. The van der Waals surface area contributed by atoms with E-state index >= 15 is 0 Å². The van der Waals surface area contributed by atoms with E-state index in [2.05, 4.69) is 24.0 Å². The lowest BCUT2D eigenvalue weighted by atomic mass is 10.1. The van der Waals surface area contributed by atoms with Crippen LogP contribution in [0.4, 0.5) is 0 Å². The lowest BCUT2D eigenvalue weighted by Gasteiger charge is -2.03. The molecule has 0 aliphatic rings. The molecule has 0 saturated heterocycles. The standard InChI is InChI=1S/C10H17N3O3S/c1-6(2)3-9-12-8(13-16-9)5-17-4-7(11)10(14)15/h6-7H,3-5,11H2,1-2H3,(H,14,15)/t7-/m0/s1. The average Bonchev–Trinajstić information content (AvgIpc) is 2.64. The molecule has 3 N–H and O–H groups in total. The highest BCUT2D eigenvalue weighted by molar-refractivity contribution is 7.98. The van der Waals surface area contributed by atoms with E-state index in [4.69, 9.17) is 15.4 Å². The minimum atomic E-state index is -0.994. The van der Waals surface area contributed by atoms with Gasteiger partial charge in [-0.3, -0.25) is 4.79 Å². The number of nitrogens with zero attached hydrogens (tertiary/aromatic N) is 2. The van der Waals surface area contributed by atoms with Crippen LogP contribution >= 0.6 is 11.8 Å². The van der Waals surface area contributed by atoms with Crippen LogP contribution in [0.2, 0.25) is 0 Å². The van der Waals surface area contributed by atoms with Crippen molar-refractivity contribution in [3.05, 3.63) is 11.7 Å². The molecule has 0 aliphatic heterocycles. The van der Waals surface area contributed by atoms with Gasteiger partial charge in [0.2, 0.25) is 5.89 Å². The average molecular weight is 259 g/mol. The predicted octanol–water partition coefficient (Wildman–Crippen LogP) is 0.913. The Hall–Kier alpha value is -1.08. The number of nitrogens with two attached hydrogens (primary N) is 1. The molecular formula is C10H17N3O3S. The van der Waals surface area contributed by atoms with Gasteiger partial charge in [-0.05, 0) is 5.92 Å². The normalized spacial score (nSPS) is 12.9. The van der Waals surface area contributed by atoms with Crippen LogP contribution in [0.3, 0.4) is 0 Å². The van der Waals surface area contributed by atoms with Gasteiger partial charge in [0.1, 0.15) is 6.04 Å². The number of carboxylic acids is 1. The van der Waals surface area contributed by atoms with Gasteiger partial charge in [-0.15, -0.1) is 0 Å². The molecule has 0 bridgehead atoms. The molecule has 1 rings (SSSR count). The summed E-state index contributed by atoms with van der Waals surface area (Å²) >= 11 is 1.38. The molecule has 0 aliphatic carbocycles. The third kappa shape index (κ3) is 5.18. The molecule has 96 valence electrons. The molecule has 1 heterocycles. The number of aromatic nitrogens is 2. The van der Waals surface area contributed by atoms with Crippen molar-refractivity contribution in [2.45, 2.75) is 32.1 Å². The fourth-order valence-corrected chi connectivity index (χ4v) is 1.94. The van der Waals surface area contributed by atoms with Crippen molar-refractivity contribution in [3.63, 3.8) is 0 Å². The first-order valence-corrected chi connectivity index (χ1v) is 6.52. The molecule has 0 fully saturated rings. The summed E-state index contributed by atoms with van der Waals surface area (Å²) in [7, 11) is 0. The van der Waals surface area contributed by atoms with Crippen LogP contribution < -0.4 is 5.73 Å². The second-order valence-corrected chi connectivity index (χ2v) is 5.19.